The van der Waals surface area contributed by atoms with Gasteiger partial charge in [0.15, 0.2) is 0 Å². The molecule has 0 amide bonds. The fraction of sp³-hybridized carbons (Fsp3) is 0.600. The molecule has 136 valence electrons. The third-order valence-electron chi connectivity index (χ3n) is 4.23. The normalized spacial score (nSPS) is 22.7. The van der Waals surface area contributed by atoms with Crippen LogP contribution < -0.4 is 10.5 Å². The summed E-state index contributed by atoms with van der Waals surface area (Å²) in [5.74, 6) is -0.389. The molecular weight excluding hydrogens is 350 g/mol. The number of rotatable bonds is 6. The van der Waals surface area contributed by atoms with E-state index in [9.17, 15) is 16.8 Å². The highest BCUT2D eigenvalue weighted by molar-refractivity contribution is 7.89. The van der Waals surface area contributed by atoms with E-state index in [1.54, 1.807) is 12.1 Å². The van der Waals surface area contributed by atoms with Gasteiger partial charge in [0.1, 0.15) is 0 Å². The van der Waals surface area contributed by atoms with Crippen LogP contribution in [0.5, 0.6) is 0 Å². The molecule has 1 aromatic carbocycles. The van der Waals surface area contributed by atoms with Crippen molar-refractivity contribution in [2.24, 2.45) is 5.73 Å². The van der Waals surface area contributed by atoms with Gasteiger partial charge >= 0.3 is 0 Å². The number of nitrogens with one attached hydrogen (secondary N) is 1. The van der Waals surface area contributed by atoms with Gasteiger partial charge in [-0.25, -0.2) is 25.9 Å². The van der Waals surface area contributed by atoms with Crippen LogP contribution in [0.15, 0.2) is 29.2 Å². The van der Waals surface area contributed by atoms with Crippen molar-refractivity contribution in [2.45, 2.75) is 48.4 Å². The van der Waals surface area contributed by atoms with E-state index >= 15 is 0 Å². The summed E-state index contributed by atoms with van der Waals surface area (Å²) >= 11 is 0. The predicted molar refractivity (Wildman–Crippen MR) is 93.3 cm³/mol. The maximum absolute atomic E-state index is 12.5. The molecule has 9 heteroatoms. The van der Waals surface area contributed by atoms with Crippen molar-refractivity contribution < 1.29 is 16.8 Å². The first-order chi connectivity index (χ1) is 11.1. The summed E-state index contributed by atoms with van der Waals surface area (Å²) in [5, 5.41) is 0. The fourth-order valence-electron chi connectivity index (χ4n) is 2.85. The lowest BCUT2D eigenvalue weighted by Gasteiger charge is -2.29. The van der Waals surface area contributed by atoms with Crippen LogP contribution in [0.25, 0.3) is 0 Å². The Morgan fingerprint density at radius 3 is 2.38 bits per heavy atom. The number of hydrogen-bond acceptors (Lipinski definition) is 5. The number of hydrogen-bond donors (Lipinski definition) is 2. The Morgan fingerprint density at radius 2 is 1.75 bits per heavy atom. The minimum absolute atomic E-state index is 0.00770. The summed E-state index contributed by atoms with van der Waals surface area (Å²) in [5.41, 5.74) is 6.24. The van der Waals surface area contributed by atoms with Crippen molar-refractivity contribution in [3.05, 3.63) is 29.8 Å². The van der Waals surface area contributed by atoms with Crippen molar-refractivity contribution in [1.29, 1.82) is 0 Å². The van der Waals surface area contributed by atoms with Gasteiger partial charge in [0.05, 0.1) is 10.6 Å². The predicted octanol–water partition coefficient (Wildman–Crippen LogP) is 0.626. The van der Waals surface area contributed by atoms with Crippen molar-refractivity contribution in [2.75, 3.05) is 14.1 Å². The van der Waals surface area contributed by atoms with Crippen molar-refractivity contribution >= 4 is 20.0 Å². The van der Waals surface area contributed by atoms with Gasteiger partial charge in [-0.05, 0) is 24.5 Å². The molecule has 0 aliphatic heterocycles. The molecule has 2 unspecified atom stereocenters. The van der Waals surface area contributed by atoms with E-state index in [4.69, 9.17) is 5.73 Å². The zero-order chi connectivity index (χ0) is 18.0. The van der Waals surface area contributed by atoms with Crippen molar-refractivity contribution in [1.82, 2.24) is 9.03 Å². The van der Waals surface area contributed by atoms with E-state index in [1.807, 2.05) is 0 Å². The Labute approximate surface area is 144 Å². The minimum Gasteiger partial charge on any atom is -0.326 e. The number of benzene rings is 1. The molecule has 0 saturated heterocycles. The summed E-state index contributed by atoms with van der Waals surface area (Å²) in [6.45, 7) is 0. The lowest BCUT2D eigenvalue weighted by atomic mass is 9.92. The smallest absolute Gasteiger partial charge is 0.242 e. The van der Waals surface area contributed by atoms with Crippen LogP contribution in [-0.2, 0) is 25.8 Å². The molecule has 0 radical (unpaired) electrons. The van der Waals surface area contributed by atoms with Gasteiger partial charge in [0.2, 0.25) is 20.0 Å². The maximum Gasteiger partial charge on any atom is 0.242 e. The second-order valence-electron chi connectivity index (χ2n) is 6.33. The largest absolute Gasteiger partial charge is 0.326 e. The molecule has 7 nitrogen and oxygen atoms in total. The van der Waals surface area contributed by atoms with Crippen LogP contribution in [0.3, 0.4) is 0 Å². The first-order valence-corrected chi connectivity index (χ1v) is 11.0. The Hall–Kier alpha value is -1.00. The van der Waals surface area contributed by atoms with E-state index < -0.39 is 20.0 Å². The Kier molecular flexibility index (Phi) is 6.03. The summed E-state index contributed by atoms with van der Waals surface area (Å²) in [4.78, 5) is 0.00770. The van der Waals surface area contributed by atoms with Gasteiger partial charge < -0.3 is 5.73 Å². The summed E-state index contributed by atoms with van der Waals surface area (Å²) < 4.78 is 53.4. The van der Waals surface area contributed by atoms with E-state index in [-0.39, 0.29) is 28.3 Å². The second kappa shape index (κ2) is 7.49. The summed E-state index contributed by atoms with van der Waals surface area (Å²) in [6, 6.07) is 5.67. The van der Waals surface area contributed by atoms with Crippen LogP contribution >= 0.6 is 0 Å². The lowest BCUT2D eigenvalue weighted by molar-refractivity contribution is 0.361. The average Bonchev–Trinajstić information content (AvgIpc) is 2.49. The van der Waals surface area contributed by atoms with Crippen LogP contribution in [0.1, 0.15) is 31.2 Å². The number of sulfonamides is 2. The zero-order valence-corrected chi connectivity index (χ0v) is 15.6. The quantitative estimate of drug-likeness (QED) is 0.758. The van der Waals surface area contributed by atoms with Crippen molar-refractivity contribution in [3.63, 3.8) is 0 Å². The van der Waals surface area contributed by atoms with Crippen LogP contribution in [0.4, 0.5) is 0 Å². The minimum atomic E-state index is -3.71. The third kappa shape index (κ3) is 4.54. The topological polar surface area (TPSA) is 110 Å². The van der Waals surface area contributed by atoms with E-state index in [0.29, 0.717) is 6.42 Å². The van der Waals surface area contributed by atoms with Gasteiger partial charge in [0, 0.05) is 26.2 Å². The molecule has 0 spiro atoms. The molecular formula is C15H25N3O4S2. The first-order valence-electron chi connectivity index (χ1n) is 7.89. The SMILES string of the molecule is CN(C)S(=O)(=O)c1ccccc1CS(=O)(=O)NC1CCCCC1N. The van der Waals surface area contributed by atoms with Crippen LogP contribution in [-0.4, -0.2) is 47.3 Å². The molecule has 2 atom stereocenters. The molecule has 2 rings (SSSR count). The number of nitrogens with zero attached hydrogens (tertiary/aromatic N) is 1. The van der Waals surface area contributed by atoms with Gasteiger partial charge in [-0.15, -0.1) is 0 Å². The molecule has 1 aromatic rings. The van der Waals surface area contributed by atoms with E-state index in [2.05, 4.69) is 4.72 Å². The first kappa shape index (κ1) is 19.3. The second-order valence-corrected chi connectivity index (χ2v) is 10.2. The Bertz CT molecular complexity index is 776. The molecule has 0 heterocycles. The molecule has 0 aromatic heterocycles. The van der Waals surface area contributed by atoms with Crippen molar-refractivity contribution in [3.8, 4) is 0 Å². The van der Waals surface area contributed by atoms with Gasteiger partial charge in [-0.3, -0.25) is 0 Å². The molecule has 0 bridgehead atoms. The molecule has 1 fully saturated rings. The van der Waals surface area contributed by atoms with Gasteiger partial charge in [0.25, 0.3) is 0 Å². The van der Waals surface area contributed by atoms with E-state index in [0.717, 1.165) is 23.6 Å². The Balaban J connectivity index is 2.24. The highest BCUT2D eigenvalue weighted by Gasteiger charge is 2.28. The molecule has 24 heavy (non-hydrogen) atoms. The number of nitrogens with two attached hydrogens (primary N) is 1. The van der Waals surface area contributed by atoms with E-state index in [1.165, 1.54) is 26.2 Å². The Morgan fingerprint density at radius 1 is 1.12 bits per heavy atom. The van der Waals surface area contributed by atoms with Gasteiger partial charge in [-0.1, -0.05) is 31.0 Å². The highest BCUT2D eigenvalue weighted by atomic mass is 32.2. The monoisotopic (exact) mass is 375 g/mol. The van der Waals surface area contributed by atoms with Crippen LogP contribution in [0, 0.1) is 0 Å². The standard InChI is InChI=1S/C15H25N3O4S2/c1-18(2)24(21,22)15-10-6-3-7-12(15)11-23(19,20)17-14-9-5-4-8-13(14)16/h3,6-7,10,13-14,17H,4-5,8-9,11,16H2,1-2H3. The molecule has 3 N–H and O–H groups in total. The average molecular weight is 376 g/mol. The maximum atomic E-state index is 12.5. The van der Waals surface area contributed by atoms with Gasteiger partial charge in [-0.2, -0.15) is 0 Å². The summed E-state index contributed by atoms with van der Waals surface area (Å²) in [6.07, 6.45) is 3.44. The lowest BCUT2D eigenvalue weighted by Crippen LogP contribution is -2.49. The highest BCUT2D eigenvalue weighted by Crippen LogP contribution is 2.22. The molecule has 1 aliphatic carbocycles. The molecule has 1 aliphatic rings. The molecule has 1 saturated carbocycles. The summed E-state index contributed by atoms with van der Waals surface area (Å²) in [7, 11) is -4.56. The fourth-order valence-corrected chi connectivity index (χ4v) is 5.56. The third-order valence-corrected chi connectivity index (χ3v) is 7.50. The zero-order valence-electron chi connectivity index (χ0n) is 14.0. The van der Waals surface area contributed by atoms with Crippen LogP contribution in [0.2, 0.25) is 0 Å².